The molecule has 2 amide bonds. The van der Waals surface area contributed by atoms with Crippen molar-refractivity contribution in [3.8, 4) is 0 Å². The molecule has 0 aliphatic carbocycles. The van der Waals surface area contributed by atoms with E-state index in [1.807, 2.05) is 6.26 Å². The zero-order chi connectivity index (χ0) is 15.2. The van der Waals surface area contributed by atoms with Gasteiger partial charge >= 0.3 is 0 Å². The van der Waals surface area contributed by atoms with Crippen molar-refractivity contribution in [2.45, 2.75) is 8.68 Å². The molecule has 6 nitrogen and oxygen atoms in total. The maximum absolute atomic E-state index is 11.9. The van der Waals surface area contributed by atoms with Gasteiger partial charge in [-0.25, -0.2) is 0 Å². The molecule has 1 aromatic heterocycles. The second kappa shape index (κ2) is 7.43. The minimum Gasteiger partial charge on any atom is -0.366 e. The highest BCUT2D eigenvalue weighted by atomic mass is 32.2. The minimum atomic E-state index is -0.577. The number of nitrogens with zero attached hydrogens (tertiary/aromatic N) is 2. The molecule has 1 aromatic carbocycles. The molecule has 1 heterocycles. The van der Waals surface area contributed by atoms with Crippen molar-refractivity contribution < 1.29 is 9.59 Å². The molecule has 0 aliphatic heterocycles. The van der Waals surface area contributed by atoms with Gasteiger partial charge in [0.15, 0.2) is 8.68 Å². The van der Waals surface area contributed by atoms with Gasteiger partial charge in [0.1, 0.15) is 0 Å². The lowest BCUT2D eigenvalue weighted by molar-refractivity contribution is -0.113. The third-order valence-electron chi connectivity index (χ3n) is 2.36. The zero-order valence-electron chi connectivity index (χ0n) is 11.0. The smallest absolute Gasteiger partial charge is 0.250 e. The lowest BCUT2D eigenvalue weighted by atomic mass is 10.1. The van der Waals surface area contributed by atoms with Gasteiger partial charge in [-0.05, 0) is 18.4 Å². The predicted octanol–water partition coefficient (Wildman–Crippen LogP) is 2.09. The molecule has 0 saturated heterocycles. The van der Waals surface area contributed by atoms with E-state index >= 15 is 0 Å². The predicted molar refractivity (Wildman–Crippen MR) is 86.0 cm³/mol. The summed E-state index contributed by atoms with van der Waals surface area (Å²) >= 11 is 4.25. The zero-order valence-corrected chi connectivity index (χ0v) is 13.5. The summed E-state index contributed by atoms with van der Waals surface area (Å²) in [6, 6.07) is 6.63. The summed E-state index contributed by atoms with van der Waals surface area (Å²) < 4.78 is 1.59. The number of anilines is 1. The van der Waals surface area contributed by atoms with Crippen molar-refractivity contribution >= 4 is 52.4 Å². The Kier molecular flexibility index (Phi) is 5.59. The highest BCUT2D eigenvalue weighted by Gasteiger charge is 2.12. The van der Waals surface area contributed by atoms with Crippen LogP contribution in [0, 0.1) is 0 Å². The fourth-order valence-corrected chi connectivity index (χ4v) is 3.70. The topological polar surface area (TPSA) is 98.0 Å². The van der Waals surface area contributed by atoms with Crippen molar-refractivity contribution in [1.29, 1.82) is 0 Å². The van der Waals surface area contributed by atoms with Crippen LogP contribution in [-0.2, 0) is 4.79 Å². The van der Waals surface area contributed by atoms with E-state index in [9.17, 15) is 9.59 Å². The molecule has 110 valence electrons. The Morgan fingerprint density at radius 3 is 2.67 bits per heavy atom. The summed E-state index contributed by atoms with van der Waals surface area (Å²) in [5.41, 5.74) is 5.96. The molecule has 0 fully saturated rings. The molecule has 2 rings (SSSR count). The number of nitrogens with one attached hydrogen (secondary N) is 1. The van der Waals surface area contributed by atoms with Gasteiger partial charge in [0.25, 0.3) is 5.91 Å². The second-order valence-electron chi connectivity index (χ2n) is 3.78. The van der Waals surface area contributed by atoms with E-state index in [4.69, 9.17) is 5.73 Å². The maximum atomic E-state index is 11.9. The molecule has 9 heteroatoms. The molecule has 0 atom stereocenters. The minimum absolute atomic E-state index is 0.191. The third kappa shape index (κ3) is 4.45. The Hall–Kier alpha value is -1.58. The van der Waals surface area contributed by atoms with Crippen molar-refractivity contribution in [3.63, 3.8) is 0 Å². The normalized spacial score (nSPS) is 10.3. The number of hydrogen-bond donors (Lipinski definition) is 2. The van der Waals surface area contributed by atoms with Crippen LogP contribution in [0.3, 0.4) is 0 Å². The number of amides is 2. The second-order valence-corrected chi connectivity index (χ2v) is 7.04. The van der Waals surface area contributed by atoms with Crippen molar-refractivity contribution in [1.82, 2.24) is 10.2 Å². The lowest BCUT2D eigenvalue weighted by Crippen LogP contribution is -2.19. The molecule has 0 radical (unpaired) electrons. The van der Waals surface area contributed by atoms with Crippen LogP contribution in [-0.4, -0.2) is 34.0 Å². The van der Waals surface area contributed by atoms with Crippen LogP contribution in [0.5, 0.6) is 0 Å². The largest absolute Gasteiger partial charge is 0.366 e. The maximum Gasteiger partial charge on any atom is 0.250 e. The summed E-state index contributed by atoms with van der Waals surface area (Å²) in [4.78, 5) is 23.2. The van der Waals surface area contributed by atoms with Gasteiger partial charge in [-0.2, -0.15) is 0 Å². The number of para-hydroxylation sites is 1. The summed E-state index contributed by atoms with van der Waals surface area (Å²) in [5.74, 6) is -0.613. The van der Waals surface area contributed by atoms with Gasteiger partial charge in [0, 0.05) is 0 Å². The quantitative estimate of drug-likeness (QED) is 0.781. The van der Waals surface area contributed by atoms with Crippen LogP contribution in [0.25, 0.3) is 0 Å². The fourth-order valence-electron chi connectivity index (χ4n) is 1.46. The summed E-state index contributed by atoms with van der Waals surface area (Å²) in [7, 11) is 0. The monoisotopic (exact) mass is 340 g/mol. The van der Waals surface area contributed by atoms with E-state index in [0.29, 0.717) is 5.69 Å². The lowest BCUT2D eigenvalue weighted by Gasteiger charge is -2.07. The number of aromatic nitrogens is 2. The highest BCUT2D eigenvalue weighted by molar-refractivity contribution is 8.03. The molecule has 0 saturated carbocycles. The first-order valence-electron chi connectivity index (χ1n) is 5.79. The molecule has 2 aromatic rings. The Bertz CT molecular complexity index is 659. The average molecular weight is 340 g/mol. The molecule has 0 unspecified atom stereocenters. The Labute approximate surface area is 133 Å². The number of rotatable bonds is 6. The number of benzene rings is 1. The molecule has 21 heavy (non-hydrogen) atoms. The number of thioether (sulfide) groups is 2. The van der Waals surface area contributed by atoms with Crippen LogP contribution < -0.4 is 11.1 Å². The Balaban J connectivity index is 1.94. The summed E-state index contributed by atoms with van der Waals surface area (Å²) in [5, 5.41) is 10.6. The van der Waals surface area contributed by atoms with Gasteiger partial charge in [-0.15, -0.1) is 10.2 Å². The van der Waals surface area contributed by atoms with E-state index < -0.39 is 5.91 Å². The summed E-state index contributed by atoms with van der Waals surface area (Å²) in [6.07, 6.45) is 1.92. The first kappa shape index (κ1) is 15.8. The number of carbonyl (C=O) groups excluding carboxylic acids is 2. The molecular formula is C12H12N4O2S3. The SMILES string of the molecule is CSc1nnc(SCC(=O)Nc2ccccc2C(N)=O)s1. The van der Waals surface area contributed by atoms with E-state index in [-0.39, 0.29) is 17.2 Å². The number of primary amides is 1. The van der Waals surface area contributed by atoms with Crippen LogP contribution in [0.2, 0.25) is 0 Å². The molecular weight excluding hydrogens is 328 g/mol. The van der Waals surface area contributed by atoms with E-state index in [2.05, 4.69) is 15.5 Å². The standard InChI is InChI=1S/C12H12N4O2S3/c1-19-11-15-16-12(21-11)20-6-9(17)14-8-5-3-2-4-7(8)10(13)18/h2-5H,6H2,1H3,(H2,13,18)(H,14,17). The first-order valence-corrected chi connectivity index (χ1v) is 8.82. The Morgan fingerprint density at radius 1 is 1.29 bits per heavy atom. The highest BCUT2D eigenvalue weighted by Crippen LogP contribution is 2.27. The average Bonchev–Trinajstić information content (AvgIpc) is 2.93. The van der Waals surface area contributed by atoms with Crippen molar-refractivity contribution in [3.05, 3.63) is 29.8 Å². The number of hydrogen-bond acceptors (Lipinski definition) is 7. The van der Waals surface area contributed by atoms with Gasteiger partial charge in [-0.3, -0.25) is 9.59 Å². The first-order chi connectivity index (χ1) is 10.1. The molecule has 0 spiro atoms. The van der Waals surface area contributed by atoms with Gasteiger partial charge < -0.3 is 11.1 Å². The Morgan fingerprint density at radius 2 is 2.00 bits per heavy atom. The van der Waals surface area contributed by atoms with Crippen molar-refractivity contribution in [2.24, 2.45) is 5.73 Å². The third-order valence-corrected chi connectivity index (χ3v) is 5.39. The molecule has 0 bridgehead atoms. The molecule has 3 N–H and O–H groups in total. The summed E-state index contributed by atoms with van der Waals surface area (Å²) in [6.45, 7) is 0. The van der Waals surface area contributed by atoms with Crippen LogP contribution >= 0.6 is 34.9 Å². The fraction of sp³-hybridized carbons (Fsp3) is 0.167. The van der Waals surface area contributed by atoms with Crippen LogP contribution in [0.15, 0.2) is 32.9 Å². The van der Waals surface area contributed by atoms with Crippen LogP contribution in [0.1, 0.15) is 10.4 Å². The van der Waals surface area contributed by atoms with Crippen LogP contribution in [0.4, 0.5) is 5.69 Å². The van der Waals surface area contributed by atoms with E-state index in [1.165, 1.54) is 34.9 Å². The van der Waals surface area contributed by atoms with Gasteiger partial charge in [0.05, 0.1) is 17.0 Å². The van der Waals surface area contributed by atoms with E-state index in [0.717, 1.165) is 8.68 Å². The number of nitrogens with two attached hydrogens (primary N) is 1. The van der Waals surface area contributed by atoms with Crippen molar-refractivity contribution in [2.75, 3.05) is 17.3 Å². The van der Waals surface area contributed by atoms with E-state index in [1.54, 1.807) is 24.3 Å². The molecule has 0 aliphatic rings. The van der Waals surface area contributed by atoms with Gasteiger partial charge in [0.2, 0.25) is 5.91 Å². The number of carbonyl (C=O) groups is 2. The van der Waals surface area contributed by atoms with Gasteiger partial charge in [-0.1, -0.05) is 47.0 Å².